The van der Waals surface area contributed by atoms with Crippen LogP contribution in [0, 0.1) is 5.82 Å². The van der Waals surface area contributed by atoms with Crippen LogP contribution in [0.5, 0.6) is 0 Å². The van der Waals surface area contributed by atoms with Crippen LogP contribution < -0.4 is 0 Å². The summed E-state index contributed by atoms with van der Waals surface area (Å²) >= 11 is 0. The van der Waals surface area contributed by atoms with Crippen molar-refractivity contribution >= 4 is 5.91 Å². The molecule has 0 N–H and O–H groups in total. The molecule has 1 aromatic carbocycles. The van der Waals surface area contributed by atoms with Gasteiger partial charge in [-0.2, -0.15) is 0 Å². The van der Waals surface area contributed by atoms with Crippen molar-refractivity contribution in [1.82, 2.24) is 4.90 Å². The van der Waals surface area contributed by atoms with E-state index in [1.54, 1.807) is 18.2 Å². The van der Waals surface area contributed by atoms with E-state index < -0.39 is 0 Å². The third-order valence-electron chi connectivity index (χ3n) is 2.06. The monoisotopic (exact) mass is 222 g/mol. The summed E-state index contributed by atoms with van der Waals surface area (Å²) in [5.41, 5.74) is 8.49. The van der Waals surface area contributed by atoms with Gasteiger partial charge in [-0.05, 0) is 11.6 Å². The van der Waals surface area contributed by atoms with E-state index in [1.165, 1.54) is 18.0 Å². The third-order valence-corrected chi connectivity index (χ3v) is 2.06. The number of hydrogen-bond donors (Lipinski definition) is 0. The Kier molecular flexibility index (Phi) is 4.29. The first-order chi connectivity index (χ1) is 7.65. The molecule has 0 spiro atoms. The van der Waals surface area contributed by atoms with Gasteiger partial charge < -0.3 is 4.90 Å². The Morgan fingerprint density at radius 3 is 2.88 bits per heavy atom. The summed E-state index contributed by atoms with van der Waals surface area (Å²) in [5.74, 6) is -0.702. The lowest BCUT2D eigenvalue weighted by molar-refractivity contribution is -0.128. The SMILES string of the molecule is CN(Cc1ccccc1F)C(=O)CN=[N+]=[N-]. The van der Waals surface area contributed by atoms with Gasteiger partial charge in [0.1, 0.15) is 12.4 Å². The number of amides is 1. The molecular formula is C10H11FN4O. The van der Waals surface area contributed by atoms with Gasteiger partial charge in [-0.1, -0.05) is 23.3 Å². The van der Waals surface area contributed by atoms with Crippen molar-refractivity contribution in [1.29, 1.82) is 0 Å². The minimum absolute atomic E-state index is 0.159. The molecule has 0 fully saturated rings. The van der Waals surface area contributed by atoms with Crippen molar-refractivity contribution in [3.63, 3.8) is 0 Å². The predicted molar refractivity (Wildman–Crippen MR) is 56.9 cm³/mol. The molecule has 0 atom stereocenters. The summed E-state index contributed by atoms with van der Waals surface area (Å²) in [6.07, 6.45) is 0. The van der Waals surface area contributed by atoms with Crippen LogP contribution in [0.3, 0.4) is 0 Å². The third kappa shape index (κ3) is 3.25. The van der Waals surface area contributed by atoms with Crippen LogP contribution in [0.2, 0.25) is 0 Å². The largest absolute Gasteiger partial charge is 0.341 e. The van der Waals surface area contributed by atoms with Gasteiger partial charge in [0.25, 0.3) is 0 Å². The number of halogens is 1. The molecule has 0 radical (unpaired) electrons. The molecular weight excluding hydrogens is 211 g/mol. The Morgan fingerprint density at radius 2 is 2.25 bits per heavy atom. The molecule has 0 aliphatic heterocycles. The molecule has 0 saturated heterocycles. The van der Waals surface area contributed by atoms with Crippen LogP contribution >= 0.6 is 0 Å². The van der Waals surface area contributed by atoms with Gasteiger partial charge in [-0.15, -0.1) is 0 Å². The van der Waals surface area contributed by atoms with Crippen LogP contribution in [-0.4, -0.2) is 24.4 Å². The first-order valence-electron chi connectivity index (χ1n) is 4.63. The average Bonchev–Trinajstić information content (AvgIpc) is 2.28. The Labute approximate surface area is 92.1 Å². The minimum Gasteiger partial charge on any atom is -0.341 e. The highest BCUT2D eigenvalue weighted by Crippen LogP contribution is 2.08. The maximum absolute atomic E-state index is 13.2. The zero-order valence-corrected chi connectivity index (χ0v) is 8.80. The summed E-state index contributed by atoms with van der Waals surface area (Å²) in [6.45, 7) is -0.0894. The van der Waals surface area contributed by atoms with Crippen LogP contribution in [0.1, 0.15) is 5.56 Å². The van der Waals surface area contributed by atoms with Gasteiger partial charge in [0, 0.05) is 24.1 Å². The number of rotatable bonds is 4. The van der Waals surface area contributed by atoms with Gasteiger partial charge >= 0.3 is 0 Å². The molecule has 84 valence electrons. The first-order valence-corrected chi connectivity index (χ1v) is 4.63. The van der Waals surface area contributed by atoms with Crippen molar-refractivity contribution in [2.75, 3.05) is 13.6 Å². The normalized spacial score (nSPS) is 9.38. The molecule has 0 saturated carbocycles. The molecule has 16 heavy (non-hydrogen) atoms. The number of azide groups is 1. The van der Waals surface area contributed by atoms with Crippen molar-refractivity contribution in [3.8, 4) is 0 Å². The van der Waals surface area contributed by atoms with Crippen LogP contribution in [0.4, 0.5) is 4.39 Å². The number of carbonyl (C=O) groups is 1. The summed E-state index contributed by atoms with van der Waals surface area (Å²) < 4.78 is 13.2. The number of carbonyl (C=O) groups excluding carboxylic acids is 1. The van der Waals surface area contributed by atoms with Gasteiger partial charge in [-0.3, -0.25) is 4.79 Å². The second kappa shape index (κ2) is 5.72. The van der Waals surface area contributed by atoms with Gasteiger partial charge in [0.15, 0.2) is 0 Å². The van der Waals surface area contributed by atoms with E-state index in [0.717, 1.165) is 0 Å². The molecule has 6 heteroatoms. The van der Waals surface area contributed by atoms with Gasteiger partial charge in [0.05, 0.1) is 0 Å². The van der Waals surface area contributed by atoms with E-state index in [9.17, 15) is 9.18 Å². The van der Waals surface area contributed by atoms with Gasteiger partial charge in [-0.25, -0.2) is 4.39 Å². The fraction of sp³-hybridized carbons (Fsp3) is 0.300. The summed E-state index contributed by atoms with van der Waals surface area (Å²) in [7, 11) is 1.53. The number of benzene rings is 1. The lowest BCUT2D eigenvalue weighted by atomic mass is 10.2. The van der Waals surface area contributed by atoms with E-state index in [-0.39, 0.29) is 24.8 Å². The topological polar surface area (TPSA) is 69.1 Å². The summed E-state index contributed by atoms with van der Waals surface area (Å²) in [5, 5.41) is 3.15. The molecule has 5 nitrogen and oxygen atoms in total. The highest BCUT2D eigenvalue weighted by Gasteiger charge is 2.09. The number of likely N-dealkylation sites (N-methyl/N-ethyl adjacent to an activating group) is 1. The lowest BCUT2D eigenvalue weighted by Crippen LogP contribution is -2.28. The summed E-state index contributed by atoms with van der Waals surface area (Å²) in [6, 6.07) is 6.22. The molecule has 0 aliphatic rings. The Balaban J connectivity index is 2.64. The van der Waals surface area contributed by atoms with Crippen LogP contribution in [0.25, 0.3) is 10.4 Å². The first kappa shape index (κ1) is 12.0. The highest BCUT2D eigenvalue weighted by molar-refractivity contribution is 5.78. The van der Waals surface area contributed by atoms with E-state index in [0.29, 0.717) is 5.56 Å². The molecule has 1 amide bonds. The molecule has 0 heterocycles. The quantitative estimate of drug-likeness (QED) is 0.437. The van der Waals surface area contributed by atoms with E-state index in [1.807, 2.05) is 0 Å². The Hall–Kier alpha value is -2.07. The van der Waals surface area contributed by atoms with Crippen LogP contribution in [0.15, 0.2) is 29.4 Å². The van der Waals surface area contributed by atoms with E-state index >= 15 is 0 Å². The second-order valence-corrected chi connectivity index (χ2v) is 3.23. The molecule has 0 bridgehead atoms. The Morgan fingerprint density at radius 1 is 1.56 bits per heavy atom. The number of nitrogens with zero attached hydrogens (tertiary/aromatic N) is 4. The minimum atomic E-state index is -0.356. The van der Waals surface area contributed by atoms with Gasteiger partial charge in [0.2, 0.25) is 5.91 Å². The van der Waals surface area contributed by atoms with Crippen LogP contribution in [-0.2, 0) is 11.3 Å². The standard InChI is InChI=1S/C10H11FN4O/c1-15(10(16)6-13-14-12)7-8-4-2-3-5-9(8)11/h2-5H,6-7H2,1H3. The maximum atomic E-state index is 13.2. The zero-order chi connectivity index (χ0) is 12.0. The van der Waals surface area contributed by atoms with Crippen molar-refractivity contribution in [2.24, 2.45) is 5.11 Å². The second-order valence-electron chi connectivity index (χ2n) is 3.23. The molecule has 1 aromatic rings. The molecule has 1 rings (SSSR count). The molecule has 0 aromatic heterocycles. The van der Waals surface area contributed by atoms with Crippen molar-refractivity contribution in [2.45, 2.75) is 6.54 Å². The summed E-state index contributed by atoms with van der Waals surface area (Å²) in [4.78, 5) is 15.2. The molecule has 0 unspecified atom stereocenters. The zero-order valence-electron chi connectivity index (χ0n) is 8.80. The predicted octanol–water partition coefficient (Wildman–Crippen LogP) is 2.09. The Bertz CT molecular complexity index is 429. The van der Waals surface area contributed by atoms with Crippen molar-refractivity contribution in [3.05, 3.63) is 46.1 Å². The smallest absolute Gasteiger partial charge is 0.228 e. The fourth-order valence-electron chi connectivity index (χ4n) is 1.18. The maximum Gasteiger partial charge on any atom is 0.228 e. The lowest BCUT2D eigenvalue weighted by Gasteiger charge is -2.16. The number of hydrogen-bond acceptors (Lipinski definition) is 2. The highest BCUT2D eigenvalue weighted by atomic mass is 19.1. The van der Waals surface area contributed by atoms with E-state index in [2.05, 4.69) is 10.0 Å². The van der Waals surface area contributed by atoms with E-state index in [4.69, 9.17) is 5.53 Å². The van der Waals surface area contributed by atoms with Crippen molar-refractivity contribution < 1.29 is 9.18 Å². The fourth-order valence-corrected chi connectivity index (χ4v) is 1.18. The molecule has 0 aliphatic carbocycles. The average molecular weight is 222 g/mol.